The van der Waals surface area contributed by atoms with Crippen LogP contribution in [0.25, 0.3) is 11.3 Å². The first-order valence-electron chi connectivity index (χ1n) is 20.6. The number of anilines is 2. The molecule has 0 spiro atoms. The number of carbonyl (C=O) groups excluding carboxylic acids is 4. The van der Waals surface area contributed by atoms with E-state index in [4.69, 9.17) is 4.74 Å². The standard InChI is InChI=1S/C44H48F3N9O5/c1-24-6-5-15-61-43-30(21-48-54(43)4)35-19-28(16-25(2)49-35)40(58)52-44-50-34-9-7-27(20-37(34)56(44)22-24)42(60)53(3)36-12-14-55(23-33(36)47)13-11-26-17-31(45)39(32(46)18-26)29-8-10-38(57)51-41(29)59/h7,9,16-21,24,29,33,36H,5-6,8,10-15,22-23H2,1-4H3,(H,50,52,58)(H,51,57,59)/t24-,29-,33+,36+/m1/s1. The number of nitrogens with one attached hydrogen (secondary N) is 2. The van der Waals surface area contributed by atoms with Gasteiger partial charge in [0.15, 0.2) is 0 Å². The van der Waals surface area contributed by atoms with Gasteiger partial charge < -0.3 is 19.9 Å². The summed E-state index contributed by atoms with van der Waals surface area (Å²) < 4.78 is 54.0. The number of guanidine groups is 1. The van der Waals surface area contributed by atoms with Crippen LogP contribution < -0.4 is 20.3 Å². The van der Waals surface area contributed by atoms with E-state index in [1.807, 2.05) is 16.7 Å². The monoisotopic (exact) mass is 839 g/mol. The van der Waals surface area contributed by atoms with Gasteiger partial charge in [-0.05, 0) is 93.0 Å². The summed E-state index contributed by atoms with van der Waals surface area (Å²) in [6, 6.07) is 10.2. The Labute approximate surface area is 351 Å². The van der Waals surface area contributed by atoms with Crippen LogP contribution in [0.1, 0.15) is 82.5 Å². The number of nitrogens with zero attached hydrogens (tertiary/aromatic N) is 7. The average molecular weight is 840 g/mol. The SMILES string of the molecule is Cc1cc2cc(n1)-c1cnn(C)c1OCCC[C@@H](C)CN1/C(=N/C2=O)Nc2ccc(C(=O)N(C)[C@H]3CCN(CCc4cc(F)c([C@H]5CCC(=O)NC5=O)c(F)c4)C[C@@H]3F)cc21. The number of benzene rings is 2. The lowest BCUT2D eigenvalue weighted by Gasteiger charge is -2.39. The number of hydrogen-bond donors (Lipinski definition) is 2. The second-order valence-electron chi connectivity index (χ2n) is 16.5. The van der Waals surface area contributed by atoms with Crippen LogP contribution in [0.2, 0.25) is 0 Å². The Morgan fingerprint density at radius 2 is 1.80 bits per heavy atom. The Morgan fingerprint density at radius 1 is 1.02 bits per heavy atom. The van der Waals surface area contributed by atoms with Gasteiger partial charge >= 0.3 is 0 Å². The molecule has 0 radical (unpaired) electrons. The Morgan fingerprint density at radius 3 is 2.56 bits per heavy atom. The first kappa shape index (κ1) is 41.6. The molecule has 320 valence electrons. The van der Waals surface area contributed by atoms with Crippen LogP contribution >= 0.6 is 0 Å². The molecule has 2 bridgehead atoms. The van der Waals surface area contributed by atoms with Gasteiger partial charge in [0.2, 0.25) is 23.7 Å². The van der Waals surface area contributed by atoms with E-state index in [0.29, 0.717) is 89.5 Å². The topological polar surface area (TPSA) is 154 Å². The predicted octanol–water partition coefficient (Wildman–Crippen LogP) is 5.55. The van der Waals surface area contributed by atoms with Crippen LogP contribution in [0.5, 0.6) is 5.88 Å². The first-order chi connectivity index (χ1) is 29.2. The zero-order valence-electron chi connectivity index (χ0n) is 34.5. The average Bonchev–Trinajstić information content (AvgIpc) is 3.76. The highest BCUT2D eigenvalue weighted by Crippen LogP contribution is 2.37. The molecule has 0 aliphatic carbocycles. The molecule has 2 saturated heterocycles. The minimum atomic E-state index is -1.38. The molecule has 6 heterocycles. The lowest BCUT2D eigenvalue weighted by molar-refractivity contribution is -0.134. The molecule has 14 nitrogen and oxygen atoms in total. The fourth-order valence-corrected chi connectivity index (χ4v) is 8.76. The van der Waals surface area contributed by atoms with Crippen LogP contribution in [0.4, 0.5) is 24.5 Å². The van der Waals surface area contributed by atoms with Gasteiger partial charge in [0.1, 0.15) is 17.8 Å². The third-order valence-corrected chi connectivity index (χ3v) is 12.0. The number of ether oxygens (including phenoxy) is 1. The van der Waals surface area contributed by atoms with E-state index in [1.54, 1.807) is 55.3 Å². The van der Waals surface area contributed by atoms with E-state index in [1.165, 1.54) is 17.0 Å². The lowest BCUT2D eigenvalue weighted by Crippen LogP contribution is -2.53. The maximum atomic E-state index is 15.9. The fraction of sp³-hybridized carbons (Fsp3) is 0.432. The number of carbonyl (C=O) groups is 4. The van der Waals surface area contributed by atoms with Crippen molar-refractivity contribution in [3.63, 3.8) is 0 Å². The van der Waals surface area contributed by atoms with Gasteiger partial charge in [-0.3, -0.25) is 34.4 Å². The van der Waals surface area contributed by atoms with Gasteiger partial charge in [-0.15, -0.1) is 0 Å². The maximum Gasteiger partial charge on any atom is 0.280 e. The van der Waals surface area contributed by atoms with Gasteiger partial charge in [-0.25, -0.2) is 17.9 Å². The van der Waals surface area contributed by atoms with Gasteiger partial charge in [0.25, 0.3) is 11.8 Å². The lowest BCUT2D eigenvalue weighted by atomic mass is 9.89. The Hall–Kier alpha value is -6.10. The van der Waals surface area contributed by atoms with Crippen LogP contribution in [0.15, 0.2) is 53.7 Å². The Balaban J connectivity index is 0.944. The van der Waals surface area contributed by atoms with Crippen molar-refractivity contribution in [3.05, 3.63) is 88.2 Å². The van der Waals surface area contributed by atoms with Crippen LogP contribution in [-0.2, 0) is 23.1 Å². The molecule has 4 aromatic rings. The van der Waals surface area contributed by atoms with Gasteiger partial charge in [0.05, 0.1) is 47.4 Å². The molecule has 2 aromatic carbocycles. The van der Waals surface area contributed by atoms with E-state index in [-0.39, 0.29) is 43.2 Å². The van der Waals surface area contributed by atoms with Crippen molar-refractivity contribution in [2.45, 2.75) is 70.5 Å². The number of imide groups is 1. The van der Waals surface area contributed by atoms with Crippen molar-refractivity contribution >= 4 is 41.0 Å². The van der Waals surface area contributed by atoms with Crippen molar-refractivity contribution in [1.29, 1.82) is 0 Å². The van der Waals surface area contributed by atoms with Crippen molar-refractivity contribution < 1.29 is 37.1 Å². The summed E-state index contributed by atoms with van der Waals surface area (Å²) in [6.45, 7) is 5.68. The number of aromatic nitrogens is 3. The smallest absolute Gasteiger partial charge is 0.280 e. The van der Waals surface area contributed by atoms with E-state index < -0.39 is 47.5 Å². The number of pyridine rings is 1. The van der Waals surface area contributed by atoms with Gasteiger partial charge in [-0.1, -0.05) is 6.92 Å². The molecular formula is C44H48F3N9O5. The summed E-state index contributed by atoms with van der Waals surface area (Å²) in [5, 5.41) is 9.79. The summed E-state index contributed by atoms with van der Waals surface area (Å²) >= 11 is 0. The van der Waals surface area contributed by atoms with Gasteiger partial charge in [0, 0.05) is 69.1 Å². The van der Waals surface area contributed by atoms with Crippen LogP contribution in [-0.4, -0.2) is 106 Å². The molecule has 0 unspecified atom stereocenters. The molecule has 8 rings (SSSR count). The number of piperidine rings is 2. The van der Waals surface area contributed by atoms with Crippen molar-refractivity contribution in [3.8, 4) is 17.1 Å². The van der Waals surface area contributed by atoms with E-state index in [0.717, 1.165) is 12.8 Å². The van der Waals surface area contributed by atoms with E-state index in [9.17, 15) is 19.2 Å². The molecule has 4 atom stereocenters. The summed E-state index contributed by atoms with van der Waals surface area (Å²) in [5.74, 6) is -3.78. The van der Waals surface area contributed by atoms with Crippen LogP contribution in [0.3, 0.4) is 0 Å². The number of likely N-dealkylation sites (tertiary alicyclic amines) is 1. The Kier molecular flexibility index (Phi) is 11.7. The van der Waals surface area contributed by atoms with Crippen LogP contribution in [0, 0.1) is 24.5 Å². The molecule has 2 fully saturated rings. The highest BCUT2D eigenvalue weighted by molar-refractivity contribution is 6.19. The third kappa shape index (κ3) is 8.60. The number of amides is 4. The molecule has 4 aliphatic heterocycles. The second kappa shape index (κ2) is 17.1. The predicted molar refractivity (Wildman–Crippen MR) is 221 cm³/mol. The number of aliphatic imine (C=N–C) groups is 1. The highest BCUT2D eigenvalue weighted by atomic mass is 19.1. The van der Waals surface area contributed by atoms with E-state index >= 15 is 13.2 Å². The normalized spacial score (nSPS) is 23.0. The number of fused-ring (bicyclic) bond motifs is 7. The molecule has 2 aromatic heterocycles. The molecule has 2 N–H and O–H groups in total. The number of aryl methyl sites for hydroxylation is 2. The van der Waals surface area contributed by atoms with Gasteiger partial charge in [-0.2, -0.15) is 10.1 Å². The molecule has 4 aliphatic rings. The molecule has 0 saturated carbocycles. The number of rotatable bonds is 6. The second-order valence-corrected chi connectivity index (χ2v) is 16.5. The summed E-state index contributed by atoms with van der Waals surface area (Å²) in [5.41, 5.74) is 3.92. The molecule has 17 heteroatoms. The maximum absolute atomic E-state index is 15.9. The first-order valence-corrected chi connectivity index (χ1v) is 20.6. The minimum absolute atomic E-state index is 0.000967. The zero-order chi connectivity index (χ0) is 43.1. The quantitative estimate of drug-likeness (QED) is 0.236. The van der Waals surface area contributed by atoms with Crippen molar-refractivity contribution in [1.82, 2.24) is 29.9 Å². The van der Waals surface area contributed by atoms with Crippen molar-refractivity contribution in [2.24, 2.45) is 18.0 Å². The Bertz CT molecular complexity index is 2420. The molecule has 4 amide bonds. The summed E-state index contributed by atoms with van der Waals surface area (Å²) in [4.78, 5) is 66.0. The summed E-state index contributed by atoms with van der Waals surface area (Å²) in [6.07, 6.45) is 2.46. The number of hydrogen-bond acceptors (Lipinski definition) is 10. The molecule has 61 heavy (non-hydrogen) atoms. The number of alkyl halides is 1. The number of halogens is 3. The fourth-order valence-electron chi connectivity index (χ4n) is 8.76. The minimum Gasteiger partial charge on any atom is -0.477 e. The summed E-state index contributed by atoms with van der Waals surface area (Å²) in [7, 11) is 3.39. The highest BCUT2D eigenvalue weighted by Gasteiger charge is 2.36. The zero-order valence-corrected chi connectivity index (χ0v) is 34.5. The van der Waals surface area contributed by atoms with E-state index in [2.05, 4.69) is 32.6 Å². The third-order valence-electron chi connectivity index (χ3n) is 12.0. The molecular weight excluding hydrogens is 792 g/mol. The van der Waals surface area contributed by atoms with Crippen molar-refractivity contribution in [2.75, 3.05) is 50.1 Å². The largest absolute Gasteiger partial charge is 0.477 e.